The zero-order chi connectivity index (χ0) is 15.6. The van der Waals surface area contributed by atoms with E-state index in [0.29, 0.717) is 17.7 Å². The van der Waals surface area contributed by atoms with Crippen LogP contribution in [0.1, 0.15) is 49.0 Å². The first kappa shape index (κ1) is 14.9. The van der Waals surface area contributed by atoms with Crippen LogP contribution < -0.4 is 0 Å². The van der Waals surface area contributed by atoms with E-state index in [9.17, 15) is 4.79 Å². The number of benzene rings is 1. The topological polar surface area (TPSA) is 33.2 Å². The zero-order valence-electron chi connectivity index (χ0n) is 13.3. The van der Waals surface area contributed by atoms with Gasteiger partial charge in [-0.15, -0.1) is 11.3 Å². The summed E-state index contributed by atoms with van der Waals surface area (Å²) in [6.45, 7) is 0.901. The van der Waals surface area contributed by atoms with Crippen molar-refractivity contribution in [3.05, 3.63) is 41.4 Å². The predicted octanol–water partition coefficient (Wildman–Crippen LogP) is 4.60. The molecule has 2 fully saturated rings. The first-order chi connectivity index (χ1) is 11.3. The van der Waals surface area contributed by atoms with Gasteiger partial charge in [0.05, 0.1) is 0 Å². The third-order valence-electron chi connectivity index (χ3n) is 5.25. The van der Waals surface area contributed by atoms with Gasteiger partial charge in [-0.1, -0.05) is 43.2 Å². The fourth-order valence-electron chi connectivity index (χ4n) is 4.11. The second-order valence-electron chi connectivity index (χ2n) is 6.66. The minimum absolute atomic E-state index is 0.139. The van der Waals surface area contributed by atoms with Gasteiger partial charge < -0.3 is 4.90 Å². The maximum absolute atomic E-state index is 13.0. The molecule has 2 heterocycles. The summed E-state index contributed by atoms with van der Waals surface area (Å²) in [5.74, 6) is 0.855. The minimum atomic E-state index is 0.139. The fraction of sp³-hybridized carbons (Fsp3) is 0.474. The molecule has 1 aliphatic heterocycles. The standard InChI is InChI=1S/C19H22N2OS/c22-19(21-12-6-10-14-7-4-5-11-17(14)21)16-13-23-18(20-16)15-8-2-1-3-9-15/h1-3,8-9,13-14,17H,4-7,10-12H2/t14-,17-/m1/s1. The third-order valence-corrected chi connectivity index (χ3v) is 6.14. The van der Waals surface area contributed by atoms with Gasteiger partial charge in [-0.25, -0.2) is 4.98 Å². The summed E-state index contributed by atoms with van der Waals surface area (Å²) in [6.07, 6.45) is 7.49. The van der Waals surface area contributed by atoms with Crippen LogP contribution in [-0.4, -0.2) is 28.4 Å². The number of rotatable bonds is 2. The number of nitrogens with zero attached hydrogens (tertiary/aromatic N) is 2. The van der Waals surface area contributed by atoms with E-state index in [1.54, 1.807) is 11.3 Å². The zero-order valence-corrected chi connectivity index (χ0v) is 14.1. The van der Waals surface area contributed by atoms with Crippen molar-refractivity contribution in [3.63, 3.8) is 0 Å². The molecule has 1 saturated carbocycles. The van der Waals surface area contributed by atoms with Crippen LogP contribution in [0.25, 0.3) is 10.6 Å². The van der Waals surface area contributed by atoms with Crippen LogP contribution in [0.4, 0.5) is 0 Å². The Hall–Kier alpha value is -1.68. The molecule has 4 rings (SSSR count). The van der Waals surface area contributed by atoms with Crippen LogP contribution >= 0.6 is 11.3 Å². The molecule has 1 aliphatic carbocycles. The number of hydrogen-bond acceptors (Lipinski definition) is 3. The number of carbonyl (C=O) groups is 1. The molecule has 3 nitrogen and oxygen atoms in total. The smallest absolute Gasteiger partial charge is 0.273 e. The van der Waals surface area contributed by atoms with E-state index in [-0.39, 0.29) is 5.91 Å². The molecular weight excluding hydrogens is 304 g/mol. The number of piperidine rings is 1. The van der Waals surface area contributed by atoms with Gasteiger partial charge in [0.1, 0.15) is 10.7 Å². The lowest BCUT2D eigenvalue weighted by Crippen LogP contribution is -2.49. The average molecular weight is 326 g/mol. The van der Waals surface area contributed by atoms with Gasteiger partial charge in [-0.3, -0.25) is 4.79 Å². The van der Waals surface area contributed by atoms with Crippen LogP contribution in [0.5, 0.6) is 0 Å². The molecule has 0 radical (unpaired) electrons. The van der Waals surface area contributed by atoms with E-state index in [4.69, 9.17) is 0 Å². The maximum atomic E-state index is 13.0. The summed E-state index contributed by atoms with van der Waals surface area (Å²) in [6, 6.07) is 10.6. The van der Waals surface area contributed by atoms with Crippen LogP contribution in [0.3, 0.4) is 0 Å². The van der Waals surface area contributed by atoms with Crippen molar-refractivity contribution in [3.8, 4) is 10.6 Å². The normalized spacial score (nSPS) is 24.3. The van der Waals surface area contributed by atoms with Gasteiger partial charge in [0.2, 0.25) is 0 Å². The predicted molar refractivity (Wildman–Crippen MR) is 93.6 cm³/mol. The van der Waals surface area contributed by atoms with E-state index in [0.717, 1.165) is 23.5 Å². The molecule has 120 valence electrons. The van der Waals surface area contributed by atoms with Gasteiger partial charge in [-0.05, 0) is 31.6 Å². The highest BCUT2D eigenvalue weighted by Gasteiger charge is 2.36. The Labute approximate surface area is 141 Å². The highest BCUT2D eigenvalue weighted by Crippen LogP contribution is 2.36. The Bertz CT molecular complexity index is 680. The van der Waals surface area contributed by atoms with Gasteiger partial charge in [0, 0.05) is 23.5 Å². The Morgan fingerprint density at radius 3 is 2.74 bits per heavy atom. The number of carbonyl (C=O) groups excluding carboxylic acids is 1. The highest BCUT2D eigenvalue weighted by molar-refractivity contribution is 7.13. The third kappa shape index (κ3) is 2.92. The van der Waals surface area contributed by atoms with Gasteiger partial charge in [0.15, 0.2) is 0 Å². The molecule has 1 aromatic heterocycles. The van der Waals surface area contributed by atoms with E-state index in [1.807, 2.05) is 35.7 Å². The second kappa shape index (κ2) is 6.44. The molecule has 0 bridgehead atoms. The van der Waals surface area contributed by atoms with E-state index in [2.05, 4.69) is 9.88 Å². The van der Waals surface area contributed by atoms with Crippen molar-refractivity contribution in [1.29, 1.82) is 0 Å². The molecule has 1 aromatic carbocycles. The first-order valence-corrected chi connectivity index (χ1v) is 9.53. The SMILES string of the molecule is O=C(c1csc(-c2ccccc2)n1)N1CCC[C@H]2CCCC[C@H]21. The van der Waals surface area contributed by atoms with E-state index >= 15 is 0 Å². The molecule has 2 atom stereocenters. The van der Waals surface area contributed by atoms with Crippen molar-refractivity contribution < 1.29 is 4.79 Å². The Morgan fingerprint density at radius 2 is 1.87 bits per heavy atom. The first-order valence-electron chi connectivity index (χ1n) is 8.65. The number of aromatic nitrogens is 1. The van der Waals surface area contributed by atoms with E-state index in [1.165, 1.54) is 32.1 Å². The van der Waals surface area contributed by atoms with Crippen LogP contribution in [0.15, 0.2) is 35.7 Å². The van der Waals surface area contributed by atoms with Gasteiger partial charge in [-0.2, -0.15) is 0 Å². The van der Waals surface area contributed by atoms with Crippen LogP contribution in [-0.2, 0) is 0 Å². The Balaban J connectivity index is 1.56. The van der Waals surface area contributed by atoms with Crippen LogP contribution in [0, 0.1) is 5.92 Å². The molecule has 2 aromatic rings. The Morgan fingerprint density at radius 1 is 1.09 bits per heavy atom. The summed E-state index contributed by atoms with van der Waals surface area (Å²) in [5.41, 5.74) is 1.71. The summed E-state index contributed by atoms with van der Waals surface area (Å²) in [5, 5.41) is 2.86. The summed E-state index contributed by atoms with van der Waals surface area (Å²) in [7, 11) is 0. The summed E-state index contributed by atoms with van der Waals surface area (Å²) < 4.78 is 0. The lowest BCUT2D eigenvalue weighted by Gasteiger charge is -2.43. The molecule has 0 spiro atoms. The monoisotopic (exact) mass is 326 g/mol. The van der Waals surface area contributed by atoms with Crippen molar-refractivity contribution in [1.82, 2.24) is 9.88 Å². The molecule has 2 aliphatic rings. The lowest BCUT2D eigenvalue weighted by atomic mass is 9.78. The maximum Gasteiger partial charge on any atom is 0.273 e. The van der Waals surface area contributed by atoms with Crippen molar-refractivity contribution in [2.24, 2.45) is 5.92 Å². The second-order valence-corrected chi connectivity index (χ2v) is 7.51. The summed E-state index contributed by atoms with van der Waals surface area (Å²) in [4.78, 5) is 19.7. The Kier molecular flexibility index (Phi) is 4.17. The molecule has 23 heavy (non-hydrogen) atoms. The fourth-order valence-corrected chi connectivity index (χ4v) is 4.91. The number of fused-ring (bicyclic) bond motifs is 1. The molecule has 4 heteroatoms. The lowest BCUT2D eigenvalue weighted by molar-refractivity contribution is 0.0386. The quantitative estimate of drug-likeness (QED) is 0.808. The average Bonchev–Trinajstić information content (AvgIpc) is 3.11. The number of likely N-dealkylation sites (tertiary alicyclic amines) is 1. The number of hydrogen-bond donors (Lipinski definition) is 0. The van der Waals surface area contributed by atoms with Crippen molar-refractivity contribution >= 4 is 17.2 Å². The highest BCUT2D eigenvalue weighted by atomic mass is 32.1. The number of amides is 1. The molecule has 1 amide bonds. The minimum Gasteiger partial charge on any atom is -0.334 e. The van der Waals surface area contributed by atoms with Gasteiger partial charge >= 0.3 is 0 Å². The summed E-state index contributed by atoms with van der Waals surface area (Å²) >= 11 is 1.57. The largest absolute Gasteiger partial charge is 0.334 e. The molecule has 1 saturated heterocycles. The molecule has 0 N–H and O–H groups in total. The van der Waals surface area contributed by atoms with E-state index < -0.39 is 0 Å². The van der Waals surface area contributed by atoms with Crippen molar-refractivity contribution in [2.45, 2.75) is 44.6 Å². The van der Waals surface area contributed by atoms with Crippen LogP contribution in [0.2, 0.25) is 0 Å². The van der Waals surface area contributed by atoms with Gasteiger partial charge in [0.25, 0.3) is 5.91 Å². The van der Waals surface area contributed by atoms with Crippen molar-refractivity contribution in [2.75, 3.05) is 6.54 Å². The molecular formula is C19H22N2OS. The molecule has 0 unspecified atom stereocenters. The number of thiazole rings is 1.